The Hall–Kier alpha value is -0.740. The smallest absolute Gasteiger partial charge is 0.133 e. The second-order valence-corrected chi connectivity index (χ2v) is 5.57. The zero-order valence-corrected chi connectivity index (χ0v) is 13.0. The molecule has 0 spiro atoms. The zero-order valence-electron chi connectivity index (χ0n) is 11.4. The Labute approximate surface area is 117 Å². The molecule has 0 radical (unpaired) electrons. The van der Waals surface area contributed by atoms with Gasteiger partial charge in [0.25, 0.3) is 0 Å². The lowest BCUT2D eigenvalue weighted by molar-refractivity contribution is 0.155. The molecule has 1 aromatic carbocycles. The molecule has 18 heavy (non-hydrogen) atoms. The fourth-order valence-electron chi connectivity index (χ4n) is 1.79. The maximum Gasteiger partial charge on any atom is 0.133 e. The minimum absolute atomic E-state index is 0.524. The lowest BCUT2D eigenvalue weighted by atomic mass is 9.99. The van der Waals surface area contributed by atoms with Gasteiger partial charge in [0.1, 0.15) is 11.5 Å². The molecule has 0 saturated carbocycles. The summed E-state index contributed by atoms with van der Waals surface area (Å²) in [6, 6.07) is 3.65. The highest BCUT2D eigenvalue weighted by atomic mass is 79.9. The van der Waals surface area contributed by atoms with Crippen molar-refractivity contribution in [2.24, 2.45) is 5.92 Å². The van der Waals surface area contributed by atoms with E-state index < -0.39 is 6.10 Å². The second kappa shape index (κ2) is 7.00. The topological polar surface area (TPSA) is 38.7 Å². The SMILES string of the molecule is COc1cc(C(O)CCC(C)C)c(OC)cc1Br. The van der Waals surface area contributed by atoms with Gasteiger partial charge < -0.3 is 14.6 Å². The first kappa shape index (κ1) is 15.3. The Kier molecular flexibility index (Phi) is 5.96. The molecule has 0 aromatic heterocycles. The molecule has 0 amide bonds. The first-order valence-corrected chi connectivity index (χ1v) is 6.88. The van der Waals surface area contributed by atoms with Gasteiger partial charge in [0.05, 0.1) is 24.8 Å². The normalized spacial score (nSPS) is 12.6. The van der Waals surface area contributed by atoms with Crippen LogP contribution in [0.1, 0.15) is 38.4 Å². The average molecular weight is 317 g/mol. The van der Waals surface area contributed by atoms with E-state index in [1.807, 2.05) is 12.1 Å². The van der Waals surface area contributed by atoms with E-state index in [1.165, 1.54) is 0 Å². The number of hydrogen-bond acceptors (Lipinski definition) is 3. The fraction of sp³-hybridized carbons (Fsp3) is 0.571. The molecular weight excluding hydrogens is 296 g/mol. The Morgan fingerprint density at radius 2 is 1.72 bits per heavy atom. The maximum absolute atomic E-state index is 10.2. The Balaban J connectivity index is 2.97. The van der Waals surface area contributed by atoms with Crippen LogP contribution in [0.3, 0.4) is 0 Å². The minimum Gasteiger partial charge on any atom is -0.496 e. The van der Waals surface area contributed by atoms with Gasteiger partial charge in [0.2, 0.25) is 0 Å². The predicted molar refractivity (Wildman–Crippen MR) is 76.3 cm³/mol. The van der Waals surface area contributed by atoms with Gasteiger partial charge in [-0.3, -0.25) is 0 Å². The van der Waals surface area contributed by atoms with E-state index >= 15 is 0 Å². The van der Waals surface area contributed by atoms with Gasteiger partial charge >= 0.3 is 0 Å². The van der Waals surface area contributed by atoms with E-state index in [4.69, 9.17) is 9.47 Å². The van der Waals surface area contributed by atoms with Crippen LogP contribution in [0.25, 0.3) is 0 Å². The molecule has 1 unspecified atom stereocenters. The number of aliphatic hydroxyl groups excluding tert-OH is 1. The fourth-order valence-corrected chi connectivity index (χ4v) is 2.28. The molecule has 0 aliphatic carbocycles. The molecule has 0 heterocycles. The Morgan fingerprint density at radius 1 is 1.11 bits per heavy atom. The van der Waals surface area contributed by atoms with Crippen LogP contribution in [0.2, 0.25) is 0 Å². The third-order valence-electron chi connectivity index (χ3n) is 2.88. The summed E-state index contributed by atoms with van der Waals surface area (Å²) < 4.78 is 11.4. The number of aliphatic hydroxyl groups is 1. The molecular formula is C14H21BrO3. The van der Waals surface area contributed by atoms with Crippen LogP contribution in [0.15, 0.2) is 16.6 Å². The van der Waals surface area contributed by atoms with Gasteiger partial charge in [-0.25, -0.2) is 0 Å². The molecule has 0 fully saturated rings. The van der Waals surface area contributed by atoms with E-state index in [-0.39, 0.29) is 0 Å². The molecule has 0 bridgehead atoms. The van der Waals surface area contributed by atoms with Crippen LogP contribution in [0, 0.1) is 5.92 Å². The van der Waals surface area contributed by atoms with Crippen molar-refractivity contribution < 1.29 is 14.6 Å². The van der Waals surface area contributed by atoms with Crippen LogP contribution < -0.4 is 9.47 Å². The zero-order chi connectivity index (χ0) is 13.7. The molecule has 1 N–H and O–H groups in total. The minimum atomic E-state index is -0.524. The van der Waals surface area contributed by atoms with Crippen molar-refractivity contribution in [3.63, 3.8) is 0 Å². The molecule has 0 saturated heterocycles. The number of ether oxygens (including phenoxy) is 2. The lowest BCUT2D eigenvalue weighted by Gasteiger charge is -2.17. The number of hydrogen-bond donors (Lipinski definition) is 1. The van der Waals surface area contributed by atoms with Crippen molar-refractivity contribution >= 4 is 15.9 Å². The van der Waals surface area contributed by atoms with Gasteiger partial charge in [-0.2, -0.15) is 0 Å². The van der Waals surface area contributed by atoms with Crippen molar-refractivity contribution in [3.05, 3.63) is 22.2 Å². The van der Waals surface area contributed by atoms with Crippen LogP contribution in [-0.4, -0.2) is 19.3 Å². The largest absolute Gasteiger partial charge is 0.496 e. The molecule has 3 nitrogen and oxygen atoms in total. The summed E-state index contributed by atoms with van der Waals surface area (Å²) in [7, 11) is 3.21. The van der Waals surface area contributed by atoms with Crippen LogP contribution in [0.5, 0.6) is 11.5 Å². The van der Waals surface area contributed by atoms with Crippen LogP contribution in [0.4, 0.5) is 0 Å². The maximum atomic E-state index is 10.2. The van der Waals surface area contributed by atoms with Gasteiger partial charge in [0.15, 0.2) is 0 Å². The number of halogens is 1. The van der Waals surface area contributed by atoms with Gasteiger partial charge in [-0.15, -0.1) is 0 Å². The summed E-state index contributed by atoms with van der Waals surface area (Å²) in [4.78, 5) is 0. The average Bonchev–Trinajstić information content (AvgIpc) is 2.35. The molecule has 1 aromatic rings. The lowest BCUT2D eigenvalue weighted by Crippen LogP contribution is -2.03. The number of rotatable bonds is 6. The van der Waals surface area contributed by atoms with Crippen molar-refractivity contribution in [1.82, 2.24) is 0 Å². The highest BCUT2D eigenvalue weighted by molar-refractivity contribution is 9.10. The molecule has 1 rings (SSSR count). The molecule has 102 valence electrons. The second-order valence-electron chi connectivity index (χ2n) is 4.72. The monoisotopic (exact) mass is 316 g/mol. The summed E-state index contributed by atoms with van der Waals surface area (Å²) in [5.74, 6) is 1.95. The van der Waals surface area contributed by atoms with Gasteiger partial charge in [-0.05, 0) is 46.8 Å². The van der Waals surface area contributed by atoms with E-state index in [0.29, 0.717) is 17.4 Å². The Bertz CT molecular complexity index is 391. The summed E-state index contributed by atoms with van der Waals surface area (Å²) in [5, 5.41) is 10.2. The van der Waals surface area contributed by atoms with E-state index in [9.17, 15) is 5.11 Å². The van der Waals surface area contributed by atoms with Crippen LogP contribution >= 0.6 is 15.9 Å². The molecule has 0 aliphatic rings. The van der Waals surface area contributed by atoms with Crippen molar-refractivity contribution in [1.29, 1.82) is 0 Å². The summed E-state index contributed by atoms with van der Waals surface area (Å²) in [5.41, 5.74) is 0.776. The quantitative estimate of drug-likeness (QED) is 0.864. The predicted octanol–water partition coefficient (Wildman–Crippen LogP) is 3.94. The van der Waals surface area contributed by atoms with Gasteiger partial charge in [-0.1, -0.05) is 13.8 Å². The summed E-state index contributed by atoms with van der Waals surface area (Å²) in [6.07, 6.45) is 1.17. The summed E-state index contributed by atoms with van der Waals surface area (Å²) >= 11 is 3.41. The summed E-state index contributed by atoms with van der Waals surface area (Å²) in [6.45, 7) is 4.29. The molecule has 4 heteroatoms. The molecule has 1 atom stereocenters. The third-order valence-corrected chi connectivity index (χ3v) is 3.50. The van der Waals surface area contributed by atoms with E-state index in [0.717, 1.165) is 22.9 Å². The van der Waals surface area contributed by atoms with Crippen molar-refractivity contribution in [2.45, 2.75) is 32.8 Å². The Morgan fingerprint density at radius 3 is 2.22 bits per heavy atom. The first-order chi connectivity index (χ1) is 8.49. The van der Waals surface area contributed by atoms with Crippen molar-refractivity contribution in [2.75, 3.05) is 14.2 Å². The molecule has 0 aliphatic heterocycles. The van der Waals surface area contributed by atoms with Crippen LogP contribution in [-0.2, 0) is 0 Å². The van der Waals surface area contributed by atoms with Gasteiger partial charge in [0, 0.05) is 5.56 Å². The highest BCUT2D eigenvalue weighted by Gasteiger charge is 2.17. The van der Waals surface area contributed by atoms with E-state index in [2.05, 4.69) is 29.8 Å². The number of methoxy groups -OCH3 is 2. The standard InChI is InChI=1S/C14H21BrO3/c1-9(2)5-6-12(16)10-7-14(18-4)11(15)8-13(10)17-3/h7-9,12,16H,5-6H2,1-4H3. The number of benzene rings is 1. The highest BCUT2D eigenvalue weighted by Crippen LogP contribution is 2.37. The third kappa shape index (κ3) is 3.89. The van der Waals surface area contributed by atoms with E-state index in [1.54, 1.807) is 14.2 Å². The van der Waals surface area contributed by atoms with Crippen molar-refractivity contribution in [3.8, 4) is 11.5 Å². The first-order valence-electron chi connectivity index (χ1n) is 6.09.